The molecule has 0 unspecified atom stereocenters. The van der Waals surface area contributed by atoms with Crippen LogP contribution >= 0.6 is 0 Å². The Hall–Kier alpha value is -1.26. The molecule has 5 N–H and O–H groups in total. The lowest BCUT2D eigenvalue weighted by molar-refractivity contribution is -0.112. The lowest BCUT2D eigenvalue weighted by Gasteiger charge is -1.89. The summed E-state index contributed by atoms with van der Waals surface area (Å²) < 4.78 is 0. The largest absolute Gasteiger partial charge is 0.378 e. The smallest absolute Gasteiger partial charge is 0.285 e. The Morgan fingerprint density at radius 2 is 2.12 bits per heavy atom. The Labute approximate surface area is 46.7 Å². The van der Waals surface area contributed by atoms with E-state index in [0.717, 1.165) is 0 Å². The number of rotatable bonds is 1. The van der Waals surface area contributed by atoms with Crippen molar-refractivity contribution in [1.29, 1.82) is 0 Å². The Kier molecular flexibility index (Phi) is 2.39. The van der Waals surface area contributed by atoms with Crippen molar-refractivity contribution in [2.45, 2.75) is 0 Å². The number of carbonyl (C=O) groups excluding carboxylic acids is 1. The lowest BCUT2D eigenvalue weighted by Crippen LogP contribution is -2.32. The number of amides is 1. The summed E-state index contributed by atoms with van der Waals surface area (Å²) in [7, 11) is 1.52. The van der Waals surface area contributed by atoms with E-state index in [-0.39, 0.29) is 5.84 Å². The highest BCUT2D eigenvalue weighted by molar-refractivity contribution is 6.36. The summed E-state index contributed by atoms with van der Waals surface area (Å²) in [5.74, 6) is -0.938. The molecule has 0 bridgehead atoms. The minimum Gasteiger partial charge on any atom is -0.378 e. The number of nitrogens with two attached hydrogens (primary N) is 2. The van der Waals surface area contributed by atoms with Crippen LogP contribution in [0.5, 0.6) is 0 Å². The van der Waals surface area contributed by atoms with Crippen LogP contribution in [0, 0.1) is 0 Å². The van der Waals surface area contributed by atoms with E-state index in [1.54, 1.807) is 0 Å². The van der Waals surface area contributed by atoms with E-state index in [9.17, 15) is 4.79 Å². The monoisotopic (exact) mass is 116 g/mol. The maximum absolute atomic E-state index is 10.0. The van der Waals surface area contributed by atoms with Crippen molar-refractivity contribution in [3.8, 4) is 0 Å². The molecule has 0 aromatic heterocycles. The SMILES string of the molecule is CN/N=C(\N)C(N)=O. The van der Waals surface area contributed by atoms with Crippen molar-refractivity contribution < 1.29 is 4.79 Å². The number of hydrazone groups is 1. The summed E-state index contributed by atoms with van der Waals surface area (Å²) in [6, 6.07) is 0. The Balaban J connectivity index is 3.80. The second kappa shape index (κ2) is 2.84. The van der Waals surface area contributed by atoms with E-state index < -0.39 is 5.91 Å². The van der Waals surface area contributed by atoms with Gasteiger partial charge in [-0.1, -0.05) is 0 Å². The summed E-state index contributed by atoms with van der Waals surface area (Å²) in [6.07, 6.45) is 0. The number of nitrogens with one attached hydrogen (secondary N) is 1. The number of hydrogen-bond acceptors (Lipinski definition) is 3. The zero-order valence-corrected chi connectivity index (χ0v) is 4.51. The van der Waals surface area contributed by atoms with Gasteiger partial charge in [0.2, 0.25) is 5.84 Å². The first kappa shape index (κ1) is 6.74. The van der Waals surface area contributed by atoms with Gasteiger partial charge in [0.1, 0.15) is 0 Å². The normalized spacial score (nSPS) is 10.9. The van der Waals surface area contributed by atoms with Crippen molar-refractivity contribution in [2.75, 3.05) is 7.05 Å². The van der Waals surface area contributed by atoms with Crippen LogP contribution in [0.3, 0.4) is 0 Å². The van der Waals surface area contributed by atoms with Crippen LogP contribution < -0.4 is 16.9 Å². The standard InChI is InChI=1S/C3H8N4O/c1-6-7-2(4)3(5)8/h6H,1H3,(H2,4,7)(H2,5,8). The van der Waals surface area contributed by atoms with E-state index >= 15 is 0 Å². The van der Waals surface area contributed by atoms with Gasteiger partial charge in [-0.15, -0.1) is 0 Å². The molecular weight excluding hydrogens is 108 g/mol. The van der Waals surface area contributed by atoms with Gasteiger partial charge < -0.3 is 16.9 Å². The highest BCUT2D eigenvalue weighted by atomic mass is 16.1. The van der Waals surface area contributed by atoms with Gasteiger partial charge in [0.05, 0.1) is 0 Å². The van der Waals surface area contributed by atoms with Crippen molar-refractivity contribution in [2.24, 2.45) is 16.6 Å². The third-order valence-corrected chi connectivity index (χ3v) is 0.485. The van der Waals surface area contributed by atoms with Gasteiger partial charge in [0, 0.05) is 7.05 Å². The fourth-order valence-electron chi connectivity index (χ4n) is 0.176. The maximum Gasteiger partial charge on any atom is 0.285 e. The molecule has 5 heteroatoms. The topological polar surface area (TPSA) is 93.5 Å². The summed E-state index contributed by atoms with van der Waals surface area (Å²) in [5, 5.41) is 3.29. The number of primary amides is 1. The van der Waals surface area contributed by atoms with Crippen LogP contribution in [-0.2, 0) is 4.79 Å². The predicted octanol–water partition coefficient (Wildman–Crippen LogP) is -2.04. The molecule has 0 heterocycles. The first-order valence-corrected chi connectivity index (χ1v) is 1.98. The summed E-state index contributed by atoms with van der Waals surface area (Å²) in [4.78, 5) is 10.0. The van der Waals surface area contributed by atoms with Gasteiger partial charge in [0.15, 0.2) is 0 Å². The number of carbonyl (C=O) groups is 1. The third-order valence-electron chi connectivity index (χ3n) is 0.485. The van der Waals surface area contributed by atoms with Crippen LogP contribution in [0.1, 0.15) is 0 Å². The van der Waals surface area contributed by atoms with Gasteiger partial charge in [-0.05, 0) is 0 Å². The minimum atomic E-state index is -0.723. The maximum atomic E-state index is 10.0. The lowest BCUT2D eigenvalue weighted by atomic mass is 10.6. The van der Waals surface area contributed by atoms with Crippen molar-refractivity contribution in [3.63, 3.8) is 0 Å². The fraction of sp³-hybridized carbons (Fsp3) is 0.333. The summed E-state index contributed by atoms with van der Waals surface area (Å²) in [5.41, 5.74) is 11.9. The van der Waals surface area contributed by atoms with Crippen LogP contribution in [-0.4, -0.2) is 18.8 Å². The van der Waals surface area contributed by atoms with Crippen molar-refractivity contribution in [3.05, 3.63) is 0 Å². The highest BCUT2D eigenvalue weighted by Crippen LogP contribution is 1.58. The molecule has 0 fully saturated rings. The van der Waals surface area contributed by atoms with Gasteiger partial charge in [-0.3, -0.25) is 4.79 Å². The molecular formula is C3H8N4O. The molecule has 0 radical (unpaired) electrons. The van der Waals surface area contributed by atoms with E-state index in [2.05, 4.69) is 16.3 Å². The molecule has 46 valence electrons. The van der Waals surface area contributed by atoms with Crippen LogP contribution in [0.25, 0.3) is 0 Å². The zero-order valence-electron chi connectivity index (χ0n) is 4.51. The third kappa shape index (κ3) is 2.01. The van der Waals surface area contributed by atoms with Crippen LogP contribution in [0.15, 0.2) is 5.10 Å². The van der Waals surface area contributed by atoms with Gasteiger partial charge in [0.25, 0.3) is 5.91 Å². The molecule has 8 heavy (non-hydrogen) atoms. The average molecular weight is 116 g/mol. The molecule has 0 saturated heterocycles. The quantitative estimate of drug-likeness (QED) is 0.209. The molecule has 5 nitrogen and oxygen atoms in total. The van der Waals surface area contributed by atoms with Crippen molar-refractivity contribution >= 4 is 11.7 Å². The second-order valence-corrected chi connectivity index (χ2v) is 1.08. The second-order valence-electron chi connectivity index (χ2n) is 1.08. The molecule has 0 aliphatic rings. The molecule has 0 rings (SSSR count). The zero-order chi connectivity index (χ0) is 6.57. The molecule has 0 aromatic carbocycles. The Bertz CT molecular complexity index is 118. The van der Waals surface area contributed by atoms with E-state index in [1.807, 2.05) is 0 Å². The highest BCUT2D eigenvalue weighted by Gasteiger charge is 1.96. The van der Waals surface area contributed by atoms with E-state index in [4.69, 9.17) is 5.73 Å². The van der Waals surface area contributed by atoms with Gasteiger partial charge in [-0.25, -0.2) is 0 Å². The fourth-order valence-corrected chi connectivity index (χ4v) is 0.176. The van der Waals surface area contributed by atoms with Gasteiger partial charge >= 0.3 is 0 Å². The van der Waals surface area contributed by atoms with Crippen LogP contribution in [0.2, 0.25) is 0 Å². The Morgan fingerprint density at radius 1 is 1.62 bits per heavy atom. The molecule has 0 aliphatic carbocycles. The van der Waals surface area contributed by atoms with Crippen molar-refractivity contribution in [1.82, 2.24) is 5.43 Å². The number of nitrogens with zero attached hydrogens (tertiary/aromatic N) is 1. The summed E-state index contributed by atoms with van der Waals surface area (Å²) in [6.45, 7) is 0. The van der Waals surface area contributed by atoms with E-state index in [1.165, 1.54) is 7.05 Å². The molecule has 0 saturated carbocycles. The van der Waals surface area contributed by atoms with E-state index in [0.29, 0.717) is 0 Å². The first-order chi connectivity index (χ1) is 3.68. The Morgan fingerprint density at radius 3 is 2.25 bits per heavy atom. The number of hydrogen-bond donors (Lipinski definition) is 3. The predicted molar refractivity (Wildman–Crippen MR) is 29.9 cm³/mol. The molecule has 0 spiro atoms. The minimum absolute atomic E-state index is 0.215. The molecule has 0 atom stereocenters. The van der Waals surface area contributed by atoms with Crippen LogP contribution in [0.4, 0.5) is 0 Å². The average Bonchev–Trinajstić information content (AvgIpc) is 1.67. The first-order valence-electron chi connectivity index (χ1n) is 1.98. The molecule has 0 aromatic rings. The molecule has 0 aliphatic heterocycles. The molecule has 1 amide bonds. The summed E-state index contributed by atoms with van der Waals surface area (Å²) >= 11 is 0. The van der Waals surface area contributed by atoms with Gasteiger partial charge in [-0.2, -0.15) is 5.10 Å². The number of amidine groups is 1.